The van der Waals surface area contributed by atoms with Crippen molar-refractivity contribution in [2.75, 3.05) is 11.5 Å². The summed E-state index contributed by atoms with van der Waals surface area (Å²) in [5.74, 6) is -0.796. The zero-order valence-corrected chi connectivity index (χ0v) is 22.9. The van der Waals surface area contributed by atoms with Gasteiger partial charge in [0.05, 0.1) is 12.3 Å². The Balaban J connectivity index is 1.73. The molecule has 6 nitrogen and oxygen atoms in total. The van der Waals surface area contributed by atoms with Gasteiger partial charge in [-0.05, 0) is 90.9 Å². The van der Waals surface area contributed by atoms with E-state index in [0.29, 0.717) is 29.4 Å². The molecule has 3 aromatic rings. The van der Waals surface area contributed by atoms with Gasteiger partial charge < -0.3 is 4.74 Å². The van der Waals surface area contributed by atoms with Crippen molar-refractivity contribution in [3.8, 4) is 5.75 Å². The minimum Gasteiger partial charge on any atom is -0.494 e. The van der Waals surface area contributed by atoms with Gasteiger partial charge in [0.1, 0.15) is 11.3 Å². The molecule has 0 aliphatic carbocycles. The molecule has 1 heterocycles. The lowest BCUT2D eigenvalue weighted by atomic mass is 9.98. The molecular weight excluding hydrogens is 591 g/mol. The molecule has 1 aliphatic rings. The van der Waals surface area contributed by atoms with Crippen molar-refractivity contribution in [1.29, 1.82) is 0 Å². The van der Waals surface area contributed by atoms with E-state index < -0.39 is 17.8 Å². The van der Waals surface area contributed by atoms with Crippen LogP contribution in [0.25, 0.3) is 6.08 Å². The van der Waals surface area contributed by atoms with Gasteiger partial charge in [-0.25, -0.2) is 9.69 Å². The van der Waals surface area contributed by atoms with Crippen molar-refractivity contribution in [2.45, 2.75) is 27.2 Å². The van der Waals surface area contributed by atoms with E-state index in [1.165, 1.54) is 28.8 Å². The second kappa shape index (κ2) is 10.8. The van der Waals surface area contributed by atoms with Crippen LogP contribution in [-0.4, -0.2) is 24.5 Å². The third kappa shape index (κ3) is 5.63. The molecule has 8 heteroatoms. The molecule has 0 atom stereocenters. The number of hydrogen-bond donors (Lipinski definition) is 1. The van der Waals surface area contributed by atoms with Crippen LogP contribution in [0.5, 0.6) is 5.75 Å². The van der Waals surface area contributed by atoms with E-state index in [4.69, 9.17) is 16.3 Å². The van der Waals surface area contributed by atoms with Gasteiger partial charge in [0, 0.05) is 20.6 Å². The first-order valence-electron chi connectivity index (χ1n) is 11.4. The monoisotopic (exact) mass is 614 g/mol. The summed E-state index contributed by atoms with van der Waals surface area (Å²) < 4.78 is 6.90. The van der Waals surface area contributed by atoms with Gasteiger partial charge in [-0.2, -0.15) is 0 Å². The smallest absolute Gasteiger partial charge is 0.335 e. The van der Waals surface area contributed by atoms with Crippen LogP contribution in [0, 0.1) is 17.4 Å². The maximum Gasteiger partial charge on any atom is 0.335 e. The number of barbiturate groups is 1. The van der Waals surface area contributed by atoms with E-state index in [1.807, 2.05) is 19.1 Å². The topological polar surface area (TPSA) is 75.7 Å². The first-order chi connectivity index (χ1) is 17.2. The van der Waals surface area contributed by atoms with Crippen LogP contribution in [0.3, 0.4) is 0 Å². The van der Waals surface area contributed by atoms with E-state index in [-0.39, 0.29) is 11.3 Å². The third-order valence-corrected chi connectivity index (χ3v) is 6.82. The number of anilines is 1. The summed E-state index contributed by atoms with van der Waals surface area (Å²) >= 11 is 8.29. The fraction of sp³-hybridized carbons (Fsp3) is 0.179. The van der Waals surface area contributed by atoms with E-state index in [0.717, 1.165) is 14.0 Å². The molecule has 0 spiro atoms. The summed E-state index contributed by atoms with van der Waals surface area (Å²) in [5.41, 5.74) is 5.33. The number of carbonyl (C=O) groups excluding carboxylic acids is 3. The average molecular weight is 615 g/mol. The summed E-state index contributed by atoms with van der Waals surface area (Å²) in [7, 11) is 0. The van der Waals surface area contributed by atoms with E-state index in [2.05, 4.69) is 60.0 Å². The van der Waals surface area contributed by atoms with Crippen molar-refractivity contribution >= 4 is 63.8 Å². The summed E-state index contributed by atoms with van der Waals surface area (Å²) in [6.45, 7) is 6.52. The van der Waals surface area contributed by atoms with Gasteiger partial charge in [-0.15, -0.1) is 0 Å². The lowest BCUT2D eigenvalue weighted by molar-refractivity contribution is -0.122. The molecule has 0 bridgehead atoms. The van der Waals surface area contributed by atoms with Gasteiger partial charge in [0.2, 0.25) is 0 Å². The van der Waals surface area contributed by atoms with Gasteiger partial charge in [0.15, 0.2) is 0 Å². The average Bonchev–Trinajstić information content (AvgIpc) is 2.78. The van der Waals surface area contributed by atoms with Crippen molar-refractivity contribution in [3.05, 3.63) is 96.6 Å². The predicted molar refractivity (Wildman–Crippen MR) is 150 cm³/mol. The number of nitrogens with one attached hydrogen (secondary N) is 1. The first-order valence-corrected chi connectivity index (χ1v) is 12.8. The highest BCUT2D eigenvalue weighted by Crippen LogP contribution is 2.31. The molecule has 36 heavy (non-hydrogen) atoms. The van der Waals surface area contributed by atoms with Crippen molar-refractivity contribution < 1.29 is 19.1 Å². The van der Waals surface area contributed by atoms with Crippen molar-refractivity contribution in [2.24, 2.45) is 0 Å². The van der Waals surface area contributed by atoms with Gasteiger partial charge >= 0.3 is 6.03 Å². The summed E-state index contributed by atoms with van der Waals surface area (Å²) in [4.78, 5) is 39.2. The number of aryl methyl sites for hydroxylation is 2. The Hall–Kier alpha value is -3.17. The number of imide groups is 2. The van der Waals surface area contributed by atoms with Gasteiger partial charge in [0.25, 0.3) is 11.8 Å². The minimum atomic E-state index is -0.821. The minimum absolute atomic E-state index is 0.158. The van der Waals surface area contributed by atoms with Gasteiger partial charge in [-0.3, -0.25) is 14.9 Å². The van der Waals surface area contributed by atoms with Crippen LogP contribution >= 0.6 is 34.2 Å². The highest BCUT2D eigenvalue weighted by molar-refractivity contribution is 14.1. The van der Waals surface area contributed by atoms with Crippen LogP contribution in [0.2, 0.25) is 5.02 Å². The van der Waals surface area contributed by atoms with Gasteiger partial charge in [-0.1, -0.05) is 47.0 Å². The Labute approximate surface area is 228 Å². The lowest BCUT2D eigenvalue weighted by Gasteiger charge is -2.26. The van der Waals surface area contributed by atoms with E-state index in [1.54, 1.807) is 18.2 Å². The third-order valence-electron chi connectivity index (χ3n) is 5.62. The maximum atomic E-state index is 13.2. The number of benzene rings is 3. The van der Waals surface area contributed by atoms with Crippen LogP contribution in [0.4, 0.5) is 10.5 Å². The summed E-state index contributed by atoms with van der Waals surface area (Å²) in [6, 6.07) is 15.7. The molecule has 184 valence electrons. The molecule has 1 saturated heterocycles. The molecule has 4 rings (SSSR count). The van der Waals surface area contributed by atoms with Crippen LogP contribution in [0.1, 0.15) is 34.7 Å². The quantitative estimate of drug-likeness (QED) is 0.203. The Kier molecular flexibility index (Phi) is 7.80. The molecule has 4 amide bonds. The standard InChI is InChI=1S/C28H24ClIN2O4/c1-4-36-25-14-19(13-24(30)22(25)11-18-9-16(2)8-17(3)10-18)12-23-26(33)31-28(35)32(27(23)34)21-7-5-6-20(29)15-21/h5-10,12-15H,4,11H2,1-3H3,(H,31,33,35)/b23-12+. The SMILES string of the molecule is CCOc1cc(/C=C2\C(=O)NC(=O)N(c3cccc(Cl)c3)C2=O)cc(I)c1Cc1cc(C)cc(C)c1. The van der Waals surface area contributed by atoms with Crippen LogP contribution < -0.4 is 15.0 Å². The van der Waals surface area contributed by atoms with Crippen LogP contribution in [-0.2, 0) is 16.0 Å². The van der Waals surface area contributed by atoms with Crippen LogP contribution in [0.15, 0.2) is 60.2 Å². The molecule has 0 saturated carbocycles. The Bertz CT molecular complexity index is 1400. The summed E-state index contributed by atoms with van der Waals surface area (Å²) in [6.07, 6.45) is 2.16. The normalized spacial score (nSPS) is 14.9. The molecule has 0 aromatic heterocycles. The molecule has 1 fully saturated rings. The molecule has 3 aromatic carbocycles. The van der Waals surface area contributed by atoms with Crippen molar-refractivity contribution in [1.82, 2.24) is 5.32 Å². The fourth-order valence-electron chi connectivity index (χ4n) is 4.22. The Morgan fingerprint density at radius 2 is 1.75 bits per heavy atom. The number of carbonyl (C=O) groups is 3. The second-order valence-electron chi connectivity index (χ2n) is 8.52. The predicted octanol–water partition coefficient (Wildman–Crippen LogP) is 6.22. The summed E-state index contributed by atoms with van der Waals surface area (Å²) in [5, 5.41) is 2.61. The number of urea groups is 1. The van der Waals surface area contributed by atoms with E-state index >= 15 is 0 Å². The molecule has 0 radical (unpaired) electrons. The second-order valence-corrected chi connectivity index (χ2v) is 10.1. The highest BCUT2D eigenvalue weighted by atomic mass is 127. The largest absolute Gasteiger partial charge is 0.494 e. The highest BCUT2D eigenvalue weighted by Gasteiger charge is 2.37. The fourth-order valence-corrected chi connectivity index (χ4v) is 5.22. The number of ether oxygens (including phenoxy) is 1. The number of nitrogens with zero attached hydrogens (tertiary/aromatic N) is 1. The van der Waals surface area contributed by atoms with E-state index in [9.17, 15) is 14.4 Å². The molecule has 1 aliphatic heterocycles. The molecule has 1 N–H and O–H groups in total. The number of hydrogen-bond acceptors (Lipinski definition) is 4. The number of amides is 4. The zero-order chi connectivity index (χ0) is 26.0. The zero-order valence-electron chi connectivity index (χ0n) is 20.0. The lowest BCUT2D eigenvalue weighted by Crippen LogP contribution is -2.54. The molecular formula is C28H24ClIN2O4. The Morgan fingerprint density at radius 1 is 1.03 bits per heavy atom. The number of halogens is 2. The first kappa shape index (κ1) is 25.9. The Morgan fingerprint density at radius 3 is 2.42 bits per heavy atom. The van der Waals surface area contributed by atoms with Crippen molar-refractivity contribution in [3.63, 3.8) is 0 Å². The number of rotatable bonds is 6. The molecule has 0 unspecified atom stereocenters. The maximum absolute atomic E-state index is 13.2.